The van der Waals surface area contributed by atoms with Crippen LogP contribution in [-0.4, -0.2) is 30.6 Å². The first-order valence-corrected chi connectivity index (χ1v) is 8.22. The van der Waals surface area contributed by atoms with Gasteiger partial charge in [-0.05, 0) is 50.6 Å². The SMILES string of the molecule is CCCN(C1CCNC1)C(C)c1ccc(Br)cc1Cl. The van der Waals surface area contributed by atoms with Gasteiger partial charge in [0.1, 0.15) is 0 Å². The molecule has 0 bridgehead atoms. The second-order valence-corrected chi connectivity index (χ2v) is 6.55. The Kier molecular flexibility index (Phi) is 5.70. The van der Waals surface area contributed by atoms with E-state index in [1.54, 1.807) is 0 Å². The lowest BCUT2D eigenvalue weighted by Crippen LogP contribution is -2.39. The van der Waals surface area contributed by atoms with Crippen LogP contribution in [0.2, 0.25) is 5.02 Å². The Morgan fingerprint density at radius 1 is 1.53 bits per heavy atom. The summed E-state index contributed by atoms with van der Waals surface area (Å²) in [5.74, 6) is 0. The lowest BCUT2D eigenvalue weighted by molar-refractivity contribution is 0.153. The molecule has 4 heteroatoms. The molecule has 0 spiro atoms. The van der Waals surface area contributed by atoms with Crippen LogP contribution in [0.5, 0.6) is 0 Å². The van der Waals surface area contributed by atoms with Crippen LogP contribution in [-0.2, 0) is 0 Å². The summed E-state index contributed by atoms with van der Waals surface area (Å²) in [6.45, 7) is 7.86. The van der Waals surface area contributed by atoms with E-state index in [0.717, 1.165) is 29.1 Å². The van der Waals surface area contributed by atoms with E-state index in [1.165, 1.54) is 18.4 Å². The van der Waals surface area contributed by atoms with E-state index in [0.29, 0.717) is 12.1 Å². The van der Waals surface area contributed by atoms with Crippen LogP contribution in [0, 0.1) is 0 Å². The van der Waals surface area contributed by atoms with E-state index in [2.05, 4.69) is 52.1 Å². The Bertz CT molecular complexity index is 419. The number of nitrogens with zero attached hydrogens (tertiary/aromatic N) is 1. The third kappa shape index (κ3) is 3.72. The van der Waals surface area contributed by atoms with E-state index in [4.69, 9.17) is 11.6 Å². The summed E-state index contributed by atoms with van der Waals surface area (Å²) in [6.07, 6.45) is 2.41. The summed E-state index contributed by atoms with van der Waals surface area (Å²) < 4.78 is 1.04. The lowest BCUT2D eigenvalue weighted by atomic mass is 10.0. The summed E-state index contributed by atoms with van der Waals surface area (Å²) in [4.78, 5) is 2.59. The Hall–Kier alpha value is -0.0900. The zero-order valence-electron chi connectivity index (χ0n) is 11.6. The zero-order chi connectivity index (χ0) is 13.8. The third-order valence-corrected chi connectivity index (χ3v) is 4.72. The van der Waals surface area contributed by atoms with E-state index in [9.17, 15) is 0 Å². The number of nitrogens with one attached hydrogen (secondary N) is 1. The molecule has 106 valence electrons. The standard InChI is InChI=1S/C15H22BrClN2/c1-3-8-19(13-6-7-18-10-13)11(2)14-5-4-12(16)9-15(14)17/h4-5,9,11,13,18H,3,6-8,10H2,1-2H3. The predicted molar refractivity (Wildman–Crippen MR) is 85.8 cm³/mol. The fourth-order valence-electron chi connectivity index (χ4n) is 2.89. The minimum Gasteiger partial charge on any atom is -0.315 e. The highest BCUT2D eigenvalue weighted by Crippen LogP contribution is 2.31. The Morgan fingerprint density at radius 3 is 2.89 bits per heavy atom. The normalized spacial score (nSPS) is 21.0. The van der Waals surface area contributed by atoms with Gasteiger partial charge in [-0.2, -0.15) is 0 Å². The molecule has 1 saturated heterocycles. The highest BCUT2D eigenvalue weighted by molar-refractivity contribution is 9.10. The molecule has 2 atom stereocenters. The summed E-state index contributed by atoms with van der Waals surface area (Å²) in [5, 5.41) is 4.31. The molecule has 0 saturated carbocycles. The van der Waals surface area contributed by atoms with Crippen molar-refractivity contribution >= 4 is 27.5 Å². The third-order valence-electron chi connectivity index (χ3n) is 3.90. The van der Waals surface area contributed by atoms with Crippen LogP contribution < -0.4 is 5.32 Å². The topological polar surface area (TPSA) is 15.3 Å². The van der Waals surface area contributed by atoms with Crippen molar-refractivity contribution in [2.75, 3.05) is 19.6 Å². The molecule has 0 aliphatic carbocycles. The monoisotopic (exact) mass is 344 g/mol. The smallest absolute Gasteiger partial charge is 0.0464 e. The summed E-state index contributed by atoms with van der Waals surface area (Å²) >= 11 is 9.87. The van der Waals surface area contributed by atoms with E-state index < -0.39 is 0 Å². The molecule has 0 aromatic heterocycles. The molecule has 2 unspecified atom stereocenters. The molecule has 1 heterocycles. The van der Waals surface area contributed by atoms with Gasteiger partial charge in [0.15, 0.2) is 0 Å². The van der Waals surface area contributed by atoms with Gasteiger partial charge in [0.25, 0.3) is 0 Å². The van der Waals surface area contributed by atoms with Gasteiger partial charge in [0.05, 0.1) is 0 Å². The average Bonchev–Trinajstić information content (AvgIpc) is 2.89. The van der Waals surface area contributed by atoms with Crippen LogP contribution >= 0.6 is 27.5 Å². The molecule has 1 aliphatic rings. The highest BCUT2D eigenvalue weighted by Gasteiger charge is 2.27. The molecule has 19 heavy (non-hydrogen) atoms. The van der Waals surface area contributed by atoms with Crippen LogP contribution in [0.25, 0.3) is 0 Å². The van der Waals surface area contributed by atoms with Crippen molar-refractivity contribution in [1.82, 2.24) is 10.2 Å². The van der Waals surface area contributed by atoms with Crippen molar-refractivity contribution in [1.29, 1.82) is 0 Å². The molecule has 1 aliphatic heterocycles. The van der Waals surface area contributed by atoms with Crippen LogP contribution in [0.15, 0.2) is 22.7 Å². The van der Waals surface area contributed by atoms with Crippen molar-refractivity contribution in [3.63, 3.8) is 0 Å². The van der Waals surface area contributed by atoms with Crippen LogP contribution in [0.1, 0.15) is 38.3 Å². The molecule has 1 aromatic rings. The van der Waals surface area contributed by atoms with E-state index >= 15 is 0 Å². The van der Waals surface area contributed by atoms with Gasteiger partial charge in [-0.1, -0.05) is 40.5 Å². The second-order valence-electron chi connectivity index (χ2n) is 5.23. The van der Waals surface area contributed by atoms with Gasteiger partial charge in [-0.15, -0.1) is 0 Å². The number of rotatable bonds is 5. The largest absolute Gasteiger partial charge is 0.315 e. The molecular weight excluding hydrogens is 324 g/mol. The van der Waals surface area contributed by atoms with Gasteiger partial charge >= 0.3 is 0 Å². The minimum absolute atomic E-state index is 0.366. The zero-order valence-corrected chi connectivity index (χ0v) is 14.0. The van der Waals surface area contributed by atoms with Crippen molar-refractivity contribution in [3.8, 4) is 0 Å². The maximum atomic E-state index is 6.40. The highest BCUT2D eigenvalue weighted by atomic mass is 79.9. The average molecular weight is 346 g/mol. The number of halogens is 2. The Balaban J connectivity index is 2.19. The molecule has 0 radical (unpaired) electrons. The first-order chi connectivity index (χ1) is 9.13. The molecule has 1 aromatic carbocycles. The van der Waals surface area contributed by atoms with Gasteiger partial charge in [-0.3, -0.25) is 4.90 Å². The number of hydrogen-bond acceptors (Lipinski definition) is 2. The van der Waals surface area contributed by atoms with Crippen molar-refractivity contribution in [3.05, 3.63) is 33.3 Å². The Morgan fingerprint density at radius 2 is 2.32 bits per heavy atom. The van der Waals surface area contributed by atoms with Gasteiger partial charge in [0, 0.05) is 28.1 Å². The van der Waals surface area contributed by atoms with Crippen molar-refractivity contribution < 1.29 is 0 Å². The van der Waals surface area contributed by atoms with Gasteiger partial charge in [0.2, 0.25) is 0 Å². The first-order valence-electron chi connectivity index (χ1n) is 7.05. The molecule has 1 fully saturated rings. The van der Waals surface area contributed by atoms with Crippen LogP contribution in [0.4, 0.5) is 0 Å². The number of hydrogen-bond donors (Lipinski definition) is 1. The molecular formula is C15H22BrClN2. The second kappa shape index (κ2) is 7.07. The van der Waals surface area contributed by atoms with Crippen LogP contribution in [0.3, 0.4) is 0 Å². The fourth-order valence-corrected chi connectivity index (χ4v) is 3.72. The first kappa shape index (κ1) is 15.3. The number of benzene rings is 1. The fraction of sp³-hybridized carbons (Fsp3) is 0.600. The summed E-state index contributed by atoms with van der Waals surface area (Å²) in [6, 6.07) is 7.21. The Labute approximate surface area is 129 Å². The maximum absolute atomic E-state index is 6.40. The molecule has 1 N–H and O–H groups in total. The van der Waals surface area contributed by atoms with E-state index in [1.807, 2.05) is 6.07 Å². The lowest BCUT2D eigenvalue weighted by Gasteiger charge is -2.34. The maximum Gasteiger partial charge on any atom is 0.0464 e. The van der Waals surface area contributed by atoms with Gasteiger partial charge < -0.3 is 5.32 Å². The summed E-state index contributed by atoms with van der Waals surface area (Å²) in [5.41, 5.74) is 1.23. The minimum atomic E-state index is 0.366. The molecule has 2 nitrogen and oxygen atoms in total. The quantitative estimate of drug-likeness (QED) is 0.859. The van der Waals surface area contributed by atoms with Crippen molar-refractivity contribution in [2.45, 2.75) is 38.8 Å². The summed E-state index contributed by atoms with van der Waals surface area (Å²) in [7, 11) is 0. The van der Waals surface area contributed by atoms with Gasteiger partial charge in [-0.25, -0.2) is 0 Å². The van der Waals surface area contributed by atoms with E-state index in [-0.39, 0.29) is 0 Å². The van der Waals surface area contributed by atoms with Crippen molar-refractivity contribution in [2.24, 2.45) is 0 Å². The predicted octanol–water partition coefficient (Wildman–Crippen LogP) is 4.24. The molecule has 2 rings (SSSR count). The molecule has 0 amide bonds.